The fraction of sp³-hybridized carbons (Fsp3) is 0.833. The quantitative estimate of drug-likeness (QED) is 0.655. The van der Waals surface area contributed by atoms with Crippen LogP contribution in [-0.4, -0.2) is 6.54 Å². The minimum Gasteiger partial charge on any atom is -0.330 e. The summed E-state index contributed by atoms with van der Waals surface area (Å²) >= 11 is 0. The lowest BCUT2D eigenvalue weighted by molar-refractivity contribution is 0.807. The summed E-state index contributed by atoms with van der Waals surface area (Å²) in [5.74, 6) is 0. The molecule has 1 heteroatoms. The number of nitrogens with two attached hydrogens (primary N) is 1. The maximum absolute atomic E-state index is 5.14. The standard InChI is InChI=1S/C4H11N.C4H8.2C2H6/c1-2-3-4-5;1-3-4-2;2*1-2/h2-5H2,1H3;3H,1,4H2,2H3;2*1-2H3. The van der Waals surface area contributed by atoms with Gasteiger partial charge in [-0.05, 0) is 19.4 Å². The molecule has 0 aromatic heterocycles. The van der Waals surface area contributed by atoms with Gasteiger partial charge in [0.25, 0.3) is 0 Å². The molecule has 0 saturated heterocycles. The molecule has 0 fully saturated rings. The van der Waals surface area contributed by atoms with Crippen LogP contribution in [0.15, 0.2) is 12.7 Å². The van der Waals surface area contributed by atoms with E-state index in [-0.39, 0.29) is 0 Å². The van der Waals surface area contributed by atoms with Gasteiger partial charge in [0.1, 0.15) is 0 Å². The number of allylic oxidation sites excluding steroid dienone is 1. The first-order valence-electron chi connectivity index (χ1n) is 5.64. The fourth-order valence-electron chi connectivity index (χ4n) is 0.204. The zero-order valence-electron chi connectivity index (χ0n) is 10.7. The predicted molar refractivity (Wildman–Crippen MR) is 67.1 cm³/mol. The molecule has 0 unspecified atom stereocenters. The Kier molecular flexibility index (Phi) is 107. The van der Waals surface area contributed by atoms with E-state index in [0.29, 0.717) is 0 Å². The monoisotopic (exact) mass is 189 g/mol. The molecular formula is C12H31N. The molecule has 2 N–H and O–H groups in total. The van der Waals surface area contributed by atoms with Crippen LogP contribution in [-0.2, 0) is 0 Å². The Morgan fingerprint density at radius 1 is 1.08 bits per heavy atom. The van der Waals surface area contributed by atoms with Crippen LogP contribution in [0.4, 0.5) is 0 Å². The molecule has 0 saturated carbocycles. The van der Waals surface area contributed by atoms with Crippen LogP contribution in [0, 0.1) is 0 Å². The molecule has 0 atom stereocenters. The first-order valence-corrected chi connectivity index (χ1v) is 5.64. The van der Waals surface area contributed by atoms with Crippen molar-refractivity contribution in [2.45, 2.75) is 60.8 Å². The second-order valence-electron chi connectivity index (χ2n) is 1.84. The largest absolute Gasteiger partial charge is 0.330 e. The van der Waals surface area contributed by atoms with Gasteiger partial charge < -0.3 is 5.73 Å². The Morgan fingerprint density at radius 2 is 1.38 bits per heavy atom. The fourth-order valence-corrected chi connectivity index (χ4v) is 0.204. The van der Waals surface area contributed by atoms with Crippen LogP contribution in [0.2, 0.25) is 0 Å². The van der Waals surface area contributed by atoms with Crippen molar-refractivity contribution in [1.82, 2.24) is 0 Å². The summed E-state index contributed by atoms with van der Waals surface area (Å²) in [5.41, 5.74) is 5.14. The van der Waals surface area contributed by atoms with E-state index in [1.54, 1.807) is 0 Å². The van der Waals surface area contributed by atoms with Gasteiger partial charge in [-0.1, -0.05) is 54.0 Å². The van der Waals surface area contributed by atoms with Gasteiger partial charge in [0.05, 0.1) is 0 Å². The predicted octanol–water partition coefficient (Wildman–Crippen LogP) is 4.38. The molecule has 13 heavy (non-hydrogen) atoms. The maximum Gasteiger partial charge on any atom is -0.00774 e. The average Bonchev–Trinajstić information content (AvgIpc) is 2.25. The van der Waals surface area contributed by atoms with Crippen molar-refractivity contribution in [3.8, 4) is 0 Å². The zero-order valence-corrected chi connectivity index (χ0v) is 10.7. The first kappa shape index (κ1) is 23.0. The molecule has 0 aliphatic rings. The minimum atomic E-state index is 0.844. The van der Waals surface area contributed by atoms with Crippen molar-refractivity contribution in [2.75, 3.05) is 6.54 Å². The Morgan fingerprint density at radius 3 is 1.38 bits per heavy atom. The van der Waals surface area contributed by atoms with Crippen molar-refractivity contribution < 1.29 is 0 Å². The lowest BCUT2D eigenvalue weighted by Gasteiger charge is -1.80. The molecule has 0 radical (unpaired) electrons. The van der Waals surface area contributed by atoms with Gasteiger partial charge in [-0.2, -0.15) is 0 Å². The molecule has 84 valence electrons. The number of hydrogen-bond acceptors (Lipinski definition) is 1. The lowest BCUT2D eigenvalue weighted by atomic mass is 10.3. The van der Waals surface area contributed by atoms with Crippen molar-refractivity contribution in [3.05, 3.63) is 12.7 Å². The second-order valence-corrected chi connectivity index (χ2v) is 1.84. The van der Waals surface area contributed by atoms with Crippen LogP contribution in [0.25, 0.3) is 0 Å². The summed E-state index contributed by atoms with van der Waals surface area (Å²) in [4.78, 5) is 0. The van der Waals surface area contributed by atoms with Crippen molar-refractivity contribution in [3.63, 3.8) is 0 Å². The van der Waals surface area contributed by atoms with Crippen molar-refractivity contribution in [2.24, 2.45) is 5.73 Å². The number of hydrogen-bond donors (Lipinski definition) is 1. The summed E-state index contributed by atoms with van der Waals surface area (Å²) in [7, 11) is 0. The van der Waals surface area contributed by atoms with Crippen LogP contribution in [0.1, 0.15) is 60.8 Å². The molecule has 0 rings (SSSR count). The van der Waals surface area contributed by atoms with Gasteiger partial charge in [0.15, 0.2) is 0 Å². The molecule has 0 heterocycles. The highest BCUT2D eigenvalue weighted by Crippen LogP contribution is 1.77. The molecule has 1 nitrogen and oxygen atoms in total. The number of rotatable bonds is 3. The highest BCUT2D eigenvalue weighted by molar-refractivity contribution is 4.60. The molecule has 0 aliphatic carbocycles. The van der Waals surface area contributed by atoms with Crippen LogP contribution in [0.3, 0.4) is 0 Å². The normalized spacial score (nSPS) is 6.08. The zero-order chi connectivity index (χ0) is 11.5. The van der Waals surface area contributed by atoms with E-state index in [2.05, 4.69) is 20.4 Å². The highest BCUT2D eigenvalue weighted by Gasteiger charge is 1.67. The molecule has 0 aromatic carbocycles. The Bertz CT molecular complexity index is 40.4. The van der Waals surface area contributed by atoms with Crippen LogP contribution < -0.4 is 5.73 Å². The lowest BCUT2D eigenvalue weighted by Crippen LogP contribution is -1.95. The van der Waals surface area contributed by atoms with Gasteiger partial charge in [-0.15, -0.1) is 6.58 Å². The van der Waals surface area contributed by atoms with Gasteiger partial charge >= 0.3 is 0 Å². The second kappa shape index (κ2) is 60.6. The molecule has 0 bridgehead atoms. The van der Waals surface area contributed by atoms with Crippen molar-refractivity contribution in [1.29, 1.82) is 0 Å². The van der Waals surface area contributed by atoms with E-state index in [4.69, 9.17) is 5.73 Å². The summed E-state index contributed by atoms with van der Waals surface area (Å²) in [6.07, 6.45) is 5.34. The number of unbranched alkanes of at least 4 members (excludes halogenated alkanes) is 1. The molecular weight excluding hydrogens is 158 g/mol. The van der Waals surface area contributed by atoms with Gasteiger partial charge in [0, 0.05) is 0 Å². The molecule has 0 amide bonds. The summed E-state index contributed by atoms with van der Waals surface area (Å²) < 4.78 is 0. The van der Waals surface area contributed by atoms with E-state index >= 15 is 0 Å². The van der Waals surface area contributed by atoms with Crippen LogP contribution in [0.5, 0.6) is 0 Å². The summed E-state index contributed by atoms with van der Waals surface area (Å²) in [6, 6.07) is 0. The third kappa shape index (κ3) is 151. The van der Waals surface area contributed by atoms with Crippen molar-refractivity contribution >= 4 is 0 Å². The Balaban J connectivity index is -0.0000000457. The van der Waals surface area contributed by atoms with Gasteiger partial charge in [0.2, 0.25) is 0 Å². The topological polar surface area (TPSA) is 26.0 Å². The highest BCUT2D eigenvalue weighted by atomic mass is 14.5. The minimum absolute atomic E-state index is 0.844. The Labute approximate surface area is 86.4 Å². The molecule has 0 aliphatic heterocycles. The Hall–Kier alpha value is -0.300. The van der Waals surface area contributed by atoms with Gasteiger partial charge in [-0.3, -0.25) is 0 Å². The van der Waals surface area contributed by atoms with E-state index in [1.165, 1.54) is 12.8 Å². The average molecular weight is 189 g/mol. The SMILES string of the molecule is C=CCC.CC.CC.CCCCN. The molecule has 0 spiro atoms. The van der Waals surface area contributed by atoms with E-state index in [0.717, 1.165) is 13.0 Å². The molecule has 0 aromatic rings. The maximum atomic E-state index is 5.14. The van der Waals surface area contributed by atoms with E-state index in [1.807, 2.05) is 33.8 Å². The summed E-state index contributed by atoms with van der Waals surface area (Å²) in [6.45, 7) is 16.5. The first-order chi connectivity index (χ1) is 6.33. The van der Waals surface area contributed by atoms with E-state index < -0.39 is 0 Å². The summed E-state index contributed by atoms with van der Waals surface area (Å²) in [5, 5.41) is 0. The van der Waals surface area contributed by atoms with E-state index in [9.17, 15) is 0 Å². The third-order valence-corrected chi connectivity index (χ3v) is 0.846. The van der Waals surface area contributed by atoms with Gasteiger partial charge in [-0.25, -0.2) is 0 Å². The third-order valence-electron chi connectivity index (χ3n) is 0.846. The smallest absolute Gasteiger partial charge is 0.00774 e. The van der Waals surface area contributed by atoms with Crippen LogP contribution >= 0.6 is 0 Å².